The SMILES string of the molecule is CC(O)C(=O)[O-].NCCO.NCCO.NCCO.[Zr+2]. The van der Waals surface area contributed by atoms with Crippen molar-refractivity contribution in [3.63, 3.8) is 0 Å². The maximum atomic E-state index is 9.34. The number of rotatable bonds is 4. The average molecular weight is 364 g/mol. The summed E-state index contributed by atoms with van der Waals surface area (Å²) in [5.74, 6) is -1.44. The fraction of sp³-hybridized carbons (Fsp3) is 0.889. The first-order valence-electron chi connectivity index (χ1n) is 5.21. The first kappa shape index (κ1) is 31.5. The van der Waals surface area contributed by atoms with Crippen molar-refractivity contribution >= 4 is 5.97 Å². The summed E-state index contributed by atoms with van der Waals surface area (Å²) in [4.78, 5) is 9.34. The zero-order valence-electron chi connectivity index (χ0n) is 11.2. The normalized spacial score (nSPS) is 9.05. The minimum Gasteiger partial charge on any atom is -0.547 e. The molecule has 0 aromatic heterocycles. The molecule has 0 fully saturated rings. The number of carboxylic acids is 1. The summed E-state index contributed by atoms with van der Waals surface area (Å²) in [6, 6.07) is 0. The molecule has 0 aromatic carbocycles. The van der Waals surface area contributed by atoms with Gasteiger partial charge in [-0.2, -0.15) is 0 Å². The third-order valence-corrected chi connectivity index (χ3v) is 0.728. The van der Waals surface area contributed by atoms with Crippen LogP contribution in [-0.2, 0) is 31.0 Å². The summed E-state index contributed by atoms with van der Waals surface area (Å²) < 4.78 is 0. The molecule has 0 aromatic rings. The van der Waals surface area contributed by atoms with Gasteiger partial charge in [0, 0.05) is 19.6 Å². The molecular weight excluding hydrogens is 337 g/mol. The van der Waals surface area contributed by atoms with Crippen LogP contribution in [0.3, 0.4) is 0 Å². The third kappa shape index (κ3) is 93.3. The van der Waals surface area contributed by atoms with Crippen molar-refractivity contribution in [3.8, 4) is 0 Å². The maximum absolute atomic E-state index is 9.34. The smallest absolute Gasteiger partial charge is 0.547 e. The molecule has 0 amide bonds. The average Bonchev–Trinajstić information content (AvgIpc) is 2.39. The van der Waals surface area contributed by atoms with Crippen LogP contribution in [-0.4, -0.2) is 72.0 Å². The van der Waals surface area contributed by atoms with E-state index in [-0.39, 0.29) is 46.0 Å². The maximum Gasteiger partial charge on any atom is 2.00 e. The zero-order valence-corrected chi connectivity index (χ0v) is 13.6. The summed E-state index contributed by atoms with van der Waals surface area (Å²) in [5, 5.41) is 40.6. The van der Waals surface area contributed by atoms with Gasteiger partial charge >= 0.3 is 26.2 Å². The molecule has 10 N–H and O–H groups in total. The van der Waals surface area contributed by atoms with Crippen LogP contribution >= 0.6 is 0 Å². The molecule has 0 radical (unpaired) electrons. The molecule has 0 rings (SSSR count). The standard InChI is InChI=1S/C3H6O3.3C2H7NO.Zr/c1-2(4)3(5)6;3*3-1-2-4;/h2,4H,1H3,(H,5,6);3*4H,1-3H2;/q;;;;+2/p-1. The molecule has 0 spiro atoms. The Morgan fingerprint density at radius 2 is 1.11 bits per heavy atom. The Balaban J connectivity index is -0.0000000459. The Kier molecular flexibility index (Phi) is 59.8. The van der Waals surface area contributed by atoms with Crippen LogP contribution in [0.2, 0.25) is 0 Å². The monoisotopic (exact) mass is 362 g/mol. The molecule has 0 aliphatic heterocycles. The van der Waals surface area contributed by atoms with Gasteiger partial charge in [-0.25, -0.2) is 0 Å². The molecule has 19 heavy (non-hydrogen) atoms. The third-order valence-electron chi connectivity index (χ3n) is 0.728. The van der Waals surface area contributed by atoms with Gasteiger partial charge in [-0.15, -0.1) is 0 Å². The number of aliphatic hydroxyl groups is 4. The fourth-order valence-corrected chi connectivity index (χ4v) is 0. The molecule has 0 saturated heterocycles. The molecule has 116 valence electrons. The van der Waals surface area contributed by atoms with E-state index in [4.69, 9.17) is 37.6 Å². The van der Waals surface area contributed by atoms with Crippen molar-refractivity contribution in [1.29, 1.82) is 0 Å². The van der Waals surface area contributed by atoms with E-state index in [1.165, 1.54) is 0 Å². The number of aliphatic carboxylic acids is 1. The van der Waals surface area contributed by atoms with Crippen molar-refractivity contribution in [3.05, 3.63) is 0 Å². The summed E-state index contributed by atoms with van der Waals surface area (Å²) in [6.45, 7) is 2.55. The van der Waals surface area contributed by atoms with Crippen molar-refractivity contribution in [1.82, 2.24) is 0 Å². The van der Waals surface area contributed by atoms with E-state index in [1.54, 1.807) is 0 Å². The van der Waals surface area contributed by atoms with Gasteiger partial charge in [-0.05, 0) is 6.92 Å². The first-order valence-corrected chi connectivity index (χ1v) is 5.21. The minimum atomic E-state index is -1.44. The Bertz CT molecular complexity index is 128. The summed E-state index contributed by atoms with van der Waals surface area (Å²) >= 11 is 0. The summed E-state index contributed by atoms with van der Waals surface area (Å²) in [7, 11) is 0. The van der Waals surface area contributed by atoms with Gasteiger partial charge in [0.15, 0.2) is 0 Å². The van der Waals surface area contributed by atoms with E-state index in [2.05, 4.69) is 0 Å². The molecule has 9 nitrogen and oxygen atoms in total. The molecule has 0 bridgehead atoms. The molecule has 1 atom stereocenters. The van der Waals surface area contributed by atoms with Crippen molar-refractivity contribution in [2.24, 2.45) is 17.2 Å². The molecule has 1 unspecified atom stereocenters. The second kappa shape index (κ2) is 36.1. The van der Waals surface area contributed by atoms with E-state index < -0.39 is 12.1 Å². The van der Waals surface area contributed by atoms with Crippen LogP contribution in [0.25, 0.3) is 0 Å². The Labute approximate surface area is 132 Å². The Morgan fingerprint density at radius 3 is 1.11 bits per heavy atom. The Morgan fingerprint density at radius 1 is 1.00 bits per heavy atom. The topological polar surface area (TPSA) is 199 Å². The quantitative estimate of drug-likeness (QED) is 0.255. The molecule has 0 heterocycles. The number of aliphatic hydroxyl groups excluding tert-OH is 4. The van der Waals surface area contributed by atoms with Gasteiger partial charge in [-0.1, -0.05) is 0 Å². The molecule has 0 saturated carbocycles. The van der Waals surface area contributed by atoms with Gasteiger partial charge in [0.25, 0.3) is 0 Å². The van der Waals surface area contributed by atoms with E-state index in [9.17, 15) is 9.90 Å². The van der Waals surface area contributed by atoms with Crippen LogP contribution in [0.1, 0.15) is 6.92 Å². The second-order valence-corrected chi connectivity index (χ2v) is 2.53. The van der Waals surface area contributed by atoms with Crippen LogP contribution in [0.5, 0.6) is 0 Å². The van der Waals surface area contributed by atoms with Crippen LogP contribution < -0.4 is 22.3 Å². The van der Waals surface area contributed by atoms with E-state index in [0.717, 1.165) is 6.92 Å². The molecule has 0 aliphatic carbocycles. The first-order chi connectivity index (χ1) is 8.39. The Hall–Kier alpha value is 0.0731. The summed E-state index contributed by atoms with van der Waals surface area (Å²) in [6.07, 6.45) is -1.34. The number of carboxylic acid groups (broad SMARTS) is 1. The van der Waals surface area contributed by atoms with Gasteiger partial charge in [-0.3, -0.25) is 0 Å². The largest absolute Gasteiger partial charge is 2.00 e. The van der Waals surface area contributed by atoms with Crippen LogP contribution in [0, 0.1) is 0 Å². The van der Waals surface area contributed by atoms with Crippen molar-refractivity contribution in [2.75, 3.05) is 39.5 Å². The predicted molar refractivity (Wildman–Crippen MR) is 65.1 cm³/mol. The van der Waals surface area contributed by atoms with Gasteiger partial charge in [0.1, 0.15) is 0 Å². The van der Waals surface area contributed by atoms with E-state index in [1.807, 2.05) is 0 Å². The molecule has 10 heteroatoms. The number of carbonyl (C=O) groups is 1. The molecule has 0 aliphatic rings. The van der Waals surface area contributed by atoms with Crippen molar-refractivity contribution < 1.29 is 56.5 Å². The van der Waals surface area contributed by atoms with Crippen LogP contribution in [0.15, 0.2) is 0 Å². The minimum absolute atomic E-state index is 0. The van der Waals surface area contributed by atoms with E-state index in [0.29, 0.717) is 19.6 Å². The van der Waals surface area contributed by atoms with Crippen molar-refractivity contribution in [2.45, 2.75) is 13.0 Å². The second-order valence-electron chi connectivity index (χ2n) is 2.53. The predicted octanol–water partition coefficient (Wildman–Crippen LogP) is -5.07. The van der Waals surface area contributed by atoms with Gasteiger partial charge < -0.3 is 47.5 Å². The van der Waals surface area contributed by atoms with Crippen LogP contribution in [0.4, 0.5) is 0 Å². The number of nitrogens with two attached hydrogens (primary N) is 3. The number of carbonyl (C=O) groups excluding carboxylic acids is 1. The number of hydrogen-bond acceptors (Lipinski definition) is 9. The molecular formula is C9H26N3O6Zr+. The zero-order chi connectivity index (χ0) is 15.4. The fourth-order valence-electron chi connectivity index (χ4n) is 0. The van der Waals surface area contributed by atoms with E-state index >= 15 is 0 Å². The van der Waals surface area contributed by atoms with Gasteiger partial charge in [0.2, 0.25) is 0 Å². The summed E-state index contributed by atoms with van der Waals surface area (Å²) in [5.41, 5.74) is 14.3. The van der Waals surface area contributed by atoms with Gasteiger partial charge in [0.05, 0.1) is 31.9 Å². The number of hydrogen-bond donors (Lipinski definition) is 7.